The Morgan fingerprint density at radius 2 is 2.00 bits per heavy atom. The van der Waals surface area contributed by atoms with E-state index < -0.39 is 5.79 Å². The largest absolute Gasteiger partial charge is 0.448 e. The maximum absolute atomic E-state index is 12.8. The number of hydrogen-bond acceptors (Lipinski definition) is 6. The molecule has 2 fully saturated rings. The number of nitrogens with zero attached hydrogens (tertiary/aromatic N) is 3. The van der Waals surface area contributed by atoms with Gasteiger partial charge in [0.05, 0.1) is 5.92 Å². The van der Waals surface area contributed by atoms with E-state index in [-0.39, 0.29) is 11.9 Å². The molecule has 1 aromatic carbocycles. The second-order valence-corrected chi connectivity index (χ2v) is 8.23. The Morgan fingerprint density at radius 3 is 2.79 bits per heavy atom. The van der Waals surface area contributed by atoms with Crippen molar-refractivity contribution in [3.05, 3.63) is 29.9 Å². The van der Waals surface area contributed by atoms with Crippen LogP contribution in [0.4, 0.5) is 10.5 Å². The molecule has 1 aliphatic carbocycles. The number of piperidine rings is 1. The number of likely N-dealkylation sites (tertiary alicyclic amines) is 1. The average molecular weight is 398 g/mol. The molecule has 0 radical (unpaired) electrons. The second kappa shape index (κ2) is 7.24. The third-order valence-electron chi connectivity index (χ3n) is 6.00. The summed E-state index contributed by atoms with van der Waals surface area (Å²) in [4.78, 5) is 19.0. The summed E-state index contributed by atoms with van der Waals surface area (Å²) in [7, 11) is 0. The fourth-order valence-corrected chi connectivity index (χ4v) is 4.51. The van der Waals surface area contributed by atoms with Crippen LogP contribution in [0.1, 0.15) is 62.6 Å². The molecule has 5 rings (SSSR count). The summed E-state index contributed by atoms with van der Waals surface area (Å²) >= 11 is 0. The van der Waals surface area contributed by atoms with Crippen molar-refractivity contribution in [2.75, 3.05) is 18.4 Å². The van der Waals surface area contributed by atoms with Crippen LogP contribution in [0.5, 0.6) is 11.5 Å². The first-order valence-electron chi connectivity index (χ1n) is 10.5. The van der Waals surface area contributed by atoms with E-state index >= 15 is 0 Å². The normalized spacial score (nSPS) is 22.7. The van der Waals surface area contributed by atoms with Crippen LogP contribution in [0.2, 0.25) is 0 Å². The number of carbonyl (C=O) groups is 1. The number of ether oxygens (including phenoxy) is 2. The number of carbonyl (C=O) groups excluding carboxylic acids is 1. The quantitative estimate of drug-likeness (QED) is 0.815. The number of anilines is 1. The first-order valence-corrected chi connectivity index (χ1v) is 10.5. The van der Waals surface area contributed by atoms with Crippen LogP contribution in [-0.4, -0.2) is 39.9 Å². The molecular formula is C21H26N4O4. The van der Waals surface area contributed by atoms with Crippen LogP contribution in [-0.2, 0) is 0 Å². The number of urea groups is 1. The molecule has 2 aliphatic heterocycles. The molecule has 1 atom stereocenters. The zero-order chi connectivity index (χ0) is 19.8. The number of fused-ring (bicyclic) bond motifs is 1. The molecule has 154 valence electrons. The third-order valence-corrected chi connectivity index (χ3v) is 6.00. The molecule has 1 N–H and O–H groups in total. The van der Waals surface area contributed by atoms with Crippen LogP contribution in [0, 0.1) is 6.92 Å². The lowest BCUT2D eigenvalue weighted by molar-refractivity contribution is -0.105. The van der Waals surface area contributed by atoms with E-state index in [2.05, 4.69) is 15.5 Å². The maximum atomic E-state index is 12.8. The summed E-state index contributed by atoms with van der Waals surface area (Å²) in [5.74, 6) is 2.28. The highest BCUT2D eigenvalue weighted by Crippen LogP contribution is 2.46. The predicted octanol–water partition coefficient (Wildman–Crippen LogP) is 4.22. The smallest absolute Gasteiger partial charge is 0.321 e. The summed E-state index contributed by atoms with van der Waals surface area (Å²) in [6, 6.07) is 5.48. The highest BCUT2D eigenvalue weighted by molar-refractivity contribution is 5.89. The zero-order valence-corrected chi connectivity index (χ0v) is 16.6. The molecule has 3 heterocycles. The average Bonchev–Trinajstić information content (AvgIpc) is 3.31. The van der Waals surface area contributed by atoms with E-state index in [1.54, 1.807) is 11.8 Å². The van der Waals surface area contributed by atoms with Gasteiger partial charge in [-0.25, -0.2) is 4.79 Å². The maximum Gasteiger partial charge on any atom is 0.321 e. The standard InChI is InChI=1S/C21H26N4O4/c1-14-22-19(29-24-14)15-6-5-11-25(13-15)20(26)23-16-7-8-17-18(12-16)28-21(27-17)9-3-2-4-10-21/h7-8,12,15H,2-6,9-11,13H2,1H3,(H,23,26)/t15-/m0/s1. The molecule has 1 aromatic heterocycles. The van der Waals surface area contributed by atoms with Gasteiger partial charge < -0.3 is 24.2 Å². The number of rotatable bonds is 2. The van der Waals surface area contributed by atoms with Crippen molar-refractivity contribution in [3.63, 3.8) is 0 Å². The molecule has 1 saturated carbocycles. The Morgan fingerprint density at radius 1 is 1.17 bits per heavy atom. The Labute approximate surface area is 169 Å². The lowest BCUT2D eigenvalue weighted by Crippen LogP contribution is -2.41. The summed E-state index contributed by atoms with van der Waals surface area (Å²) in [5, 5.41) is 6.86. The number of benzene rings is 1. The minimum atomic E-state index is -0.508. The fraction of sp³-hybridized carbons (Fsp3) is 0.571. The molecular weight excluding hydrogens is 372 g/mol. The zero-order valence-electron chi connectivity index (χ0n) is 16.6. The van der Waals surface area contributed by atoms with Crippen molar-refractivity contribution in [3.8, 4) is 11.5 Å². The molecule has 0 bridgehead atoms. The van der Waals surface area contributed by atoms with Gasteiger partial charge in [0.25, 0.3) is 5.79 Å². The first kappa shape index (κ1) is 18.3. The van der Waals surface area contributed by atoms with Gasteiger partial charge in [-0.1, -0.05) is 11.6 Å². The molecule has 29 heavy (non-hydrogen) atoms. The monoisotopic (exact) mass is 398 g/mol. The van der Waals surface area contributed by atoms with Gasteiger partial charge in [0.15, 0.2) is 17.3 Å². The Balaban J connectivity index is 1.24. The molecule has 3 aliphatic rings. The Bertz CT molecular complexity index is 906. The molecule has 1 saturated heterocycles. The van der Waals surface area contributed by atoms with Crippen LogP contribution in [0.25, 0.3) is 0 Å². The third kappa shape index (κ3) is 3.63. The topological polar surface area (TPSA) is 89.7 Å². The van der Waals surface area contributed by atoms with Crippen LogP contribution < -0.4 is 14.8 Å². The number of hydrogen-bond donors (Lipinski definition) is 1. The Hall–Kier alpha value is -2.77. The summed E-state index contributed by atoms with van der Waals surface area (Å²) in [5.41, 5.74) is 0.709. The van der Waals surface area contributed by atoms with Crippen molar-refractivity contribution in [2.45, 2.75) is 63.6 Å². The number of amides is 2. The second-order valence-electron chi connectivity index (χ2n) is 8.23. The molecule has 8 heteroatoms. The molecule has 8 nitrogen and oxygen atoms in total. The van der Waals surface area contributed by atoms with E-state index in [1.807, 2.05) is 18.2 Å². The lowest BCUT2D eigenvalue weighted by atomic mass is 9.94. The van der Waals surface area contributed by atoms with E-state index in [0.29, 0.717) is 36.2 Å². The van der Waals surface area contributed by atoms with E-state index in [4.69, 9.17) is 14.0 Å². The van der Waals surface area contributed by atoms with E-state index in [0.717, 1.165) is 44.3 Å². The number of nitrogens with one attached hydrogen (secondary N) is 1. The highest BCUT2D eigenvalue weighted by atomic mass is 16.7. The fourth-order valence-electron chi connectivity index (χ4n) is 4.51. The molecule has 2 amide bonds. The van der Waals surface area contributed by atoms with Crippen molar-refractivity contribution < 1.29 is 18.8 Å². The van der Waals surface area contributed by atoms with Crippen LogP contribution >= 0.6 is 0 Å². The van der Waals surface area contributed by atoms with E-state index in [9.17, 15) is 4.79 Å². The van der Waals surface area contributed by atoms with Gasteiger partial charge in [-0.2, -0.15) is 4.98 Å². The minimum Gasteiger partial charge on any atom is -0.448 e. The summed E-state index contributed by atoms with van der Waals surface area (Å²) in [6.45, 7) is 3.08. The SMILES string of the molecule is Cc1noc([C@H]2CCCN(C(=O)Nc3ccc4c(c3)OC3(CCCCC3)O4)C2)n1. The first-order chi connectivity index (χ1) is 14.1. The van der Waals surface area contributed by atoms with Gasteiger partial charge in [-0.15, -0.1) is 0 Å². The number of aryl methyl sites for hydroxylation is 1. The van der Waals surface area contributed by atoms with Crippen molar-refractivity contribution in [1.82, 2.24) is 15.0 Å². The van der Waals surface area contributed by atoms with Crippen LogP contribution in [0.3, 0.4) is 0 Å². The molecule has 2 aromatic rings. The predicted molar refractivity (Wildman–Crippen MR) is 105 cm³/mol. The summed E-state index contributed by atoms with van der Waals surface area (Å²) < 4.78 is 17.6. The van der Waals surface area contributed by atoms with Gasteiger partial charge in [-0.05, 0) is 44.7 Å². The molecule has 0 unspecified atom stereocenters. The van der Waals surface area contributed by atoms with Gasteiger partial charge in [0.2, 0.25) is 5.89 Å². The summed E-state index contributed by atoms with van der Waals surface area (Å²) in [6.07, 6.45) is 7.13. The van der Waals surface area contributed by atoms with Crippen molar-refractivity contribution in [1.29, 1.82) is 0 Å². The van der Waals surface area contributed by atoms with Gasteiger partial charge in [-0.3, -0.25) is 0 Å². The molecule has 1 spiro atoms. The van der Waals surface area contributed by atoms with Gasteiger partial charge in [0.1, 0.15) is 0 Å². The van der Waals surface area contributed by atoms with Crippen molar-refractivity contribution >= 4 is 11.7 Å². The highest BCUT2D eigenvalue weighted by Gasteiger charge is 2.42. The van der Waals surface area contributed by atoms with Gasteiger partial charge >= 0.3 is 6.03 Å². The van der Waals surface area contributed by atoms with Crippen LogP contribution in [0.15, 0.2) is 22.7 Å². The number of aromatic nitrogens is 2. The van der Waals surface area contributed by atoms with Gasteiger partial charge in [0, 0.05) is 37.7 Å². The van der Waals surface area contributed by atoms with E-state index in [1.165, 1.54) is 6.42 Å². The lowest BCUT2D eigenvalue weighted by Gasteiger charge is -2.31. The Kier molecular flexibility index (Phi) is 4.56. The minimum absolute atomic E-state index is 0.0820. The van der Waals surface area contributed by atoms with Crippen molar-refractivity contribution in [2.24, 2.45) is 0 Å².